The fourth-order valence-corrected chi connectivity index (χ4v) is 3.10. The van der Waals surface area contributed by atoms with Crippen LogP contribution in [-0.2, 0) is 19.8 Å². The van der Waals surface area contributed by atoms with E-state index in [1.54, 1.807) is 7.05 Å². The zero-order chi connectivity index (χ0) is 19.2. The summed E-state index contributed by atoms with van der Waals surface area (Å²) in [7, 11) is 3.09. The lowest BCUT2D eigenvalue weighted by Gasteiger charge is -2.30. The van der Waals surface area contributed by atoms with Crippen molar-refractivity contribution in [3.05, 3.63) is 17.5 Å². The van der Waals surface area contributed by atoms with E-state index in [4.69, 9.17) is 0 Å². The number of guanidine groups is 1. The zero-order valence-electron chi connectivity index (χ0n) is 16.1. The van der Waals surface area contributed by atoms with Gasteiger partial charge in [0.2, 0.25) is 0 Å². The SMILES string of the molecule is CN=C(NCCCN1CCC(C)CC1)NCc1cn(C)nc1C(F)(F)F.I. The Hall–Kier alpha value is -1.04. The van der Waals surface area contributed by atoms with Gasteiger partial charge < -0.3 is 15.5 Å². The second-order valence-electron chi connectivity index (χ2n) is 6.90. The zero-order valence-corrected chi connectivity index (χ0v) is 18.5. The molecule has 2 N–H and O–H groups in total. The Morgan fingerprint density at radius 3 is 2.56 bits per heavy atom. The van der Waals surface area contributed by atoms with Crippen LogP contribution in [0.2, 0.25) is 0 Å². The molecular weight excluding hydrogens is 472 g/mol. The Balaban J connectivity index is 0.00000364. The number of alkyl halides is 3. The molecule has 0 amide bonds. The summed E-state index contributed by atoms with van der Waals surface area (Å²) in [6.07, 6.45) is 0.393. The van der Waals surface area contributed by atoms with Gasteiger partial charge in [-0.3, -0.25) is 9.67 Å². The van der Waals surface area contributed by atoms with E-state index in [-0.39, 0.29) is 36.1 Å². The first-order valence-electron chi connectivity index (χ1n) is 9.06. The highest BCUT2D eigenvalue weighted by Crippen LogP contribution is 2.30. The van der Waals surface area contributed by atoms with Crippen LogP contribution in [0.3, 0.4) is 0 Å². The molecule has 1 fully saturated rings. The normalized spacial score (nSPS) is 16.9. The number of hydrogen-bond acceptors (Lipinski definition) is 3. The van der Waals surface area contributed by atoms with Crippen molar-refractivity contribution in [2.75, 3.05) is 33.2 Å². The van der Waals surface area contributed by atoms with Crippen LogP contribution in [-0.4, -0.2) is 53.9 Å². The van der Waals surface area contributed by atoms with Crippen LogP contribution in [0.4, 0.5) is 13.2 Å². The van der Waals surface area contributed by atoms with Crippen molar-refractivity contribution in [3.8, 4) is 0 Å². The molecule has 1 aliphatic rings. The standard InChI is InChI=1S/C17H29F3N6.HI/c1-13-5-9-26(10-6-13)8-4-7-22-16(21-2)23-11-14-12-25(3)24-15(14)17(18,19)20;/h12-13H,4-11H2,1-3H3,(H2,21,22,23);1H. The molecule has 0 saturated carbocycles. The Labute approximate surface area is 176 Å². The first kappa shape index (κ1) is 24.0. The molecular formula is C17H30F3IN6. The van der Waals surface area contributed by atoms with Gasteiger partial charge in [0.1, 0.15) is 0 Å². The maximum absolute atomic E-state index is 13.0. The van der Waals surface area contributed by atoms with Crippen LogP contribution in [0, 0.1) is 5.92 Å². The van der Waals surface area contributed by atoms with E-state index < -0.39 is 11.9 Å². The topological polar surface area (TPSA) is 57.5 Å². The molecule has 0 atom stereocenters. The third-order valence-electron chi connectivity index (χ3n) is 4.66. The third kappa shape index (κ3) is 7.84. The number of nitrogens with zero attached hydrogens (tertiary/aromatic N) is 4. The van der Waals surface area contributed by atoms with Crippen molar-refractivity contribution in [3.63, 3.8) is 0 Å². The van der Waals surface area contributed by atoms with Crippen molar-refractivity contribution in [2.45, 2.75) is 38.9 Å². The lowest BCUT2D eigenvalue weighted by molar-refractivity contribution is -0.142. The predicted octanol–water partition coefficient (Wildman–Crippen LogP) is 2.84. The number of hydrogen-bond donors (Lipinski definition) is 2. The van der Waals surface area contributed by atoms with Gasteiger partial charge in [-0.05, 0) is 44.8 Å². The fraction of sp³-hybridized carbons (Fsp3) is 0.765. The summed E-state index contributed by atoms with van der Waals surface area (Å²) in [5, 5.41) is 9.59. The Kier molecular flexibility index (Phi) is 9.85. The summed E-state index contributed by atoms with van der Waals surface area (Å²) in [4.78, 5) is 6.53. The number of likely N-dealkylation sites (tertiary alicyclic amines) is 1. The van der Waals surface area contributed by atoms with Crippen LogP contribution >= 0.6 is 24.0 Å². The molecule has 0 radical (unpaired) electrons. The molecule has 1 aromatic rings. The molecule has 1 aliphatic heterocycles. The number of aromatic nitrogens is 2. The summed E-state index contributed by atoms with van der Waals surface area (Å²) in [6, 6.07) is 0. The lowest BCUT2D eigenvalue weighted by atomic mass is 9.99. The van der Waals surface area contributed by atoms with Crippen molar-refractivity contribution >= 4 is 29.9 Å². The van der Waals surface area contributed by atoms with Crippen molar-refractivity contribution < 1.29 is 13.2 Å². The number of halogens is 4. The minimum Gasteiger partial charge on any atom is -0.356 e. The summed E-state index contributed by atoms with van der Waals surface area (Å²) < 4.78 is 40.1. The first-order chi connectivity index (χ1) is 12.3. The van der Waals surface area contributed by atoms with Crippen LogP contribution in [0.1, 0.15) is 37.4 Å². The molecule has 0 bridgehead atoms. The summed E-state index contributed by atoms with van der Waals surface area (Å²) in [5.41, 5.74) is -0.757. The molecule has 2 heterocycles. The minimum atomic E-state index is -4.46. The molecule has 10 heteroatoms. The van der Waals surface area contributed by atoms with Crippen LogP contribution in [0.25, 0.3) is 0 Å². The molecule has 0 aliphatic carbocycles. The molecule has 0 aromatic carbocycles. The maximum atomic E-state index is 13.0. The molecule has 27 heavy (non-hydrogen) atoms. The molecule has 2 rings (SSSR count). The highest BCUT2D eigenvalue weighted by molar-refractivity contribution is 14.0. The fourth-order valence-electron chi connectivity index (χ4n) is 3.10. The second-order valence-corrected chi connectivity index (χ2v) is 6.90. The molecule has 1 saturated heterocycles. The average Bonchev–Trinajstić information content (AvgIpc) is 2.97. The Morgan fingerprint density at radius 1 is 1.30 bits per heavy atom. The Morgan fingerprint density at radius 2 is 1.96 bits per heavy atom. The van der Waals surface area contributed by atoms with Gasteiger partial charge in [0, 0.05) is 38.9 Å². The van der Waals surface area contributed by atoms with Gasteiger partial charge in [-0.1, -0.05) is 6.92 Å². The third-order valence-corrected chi connectivity index (χ3v) is 4.66. The summed E-state index contributed by atoms with van der Waals surface area (Å²) in [6.45, 7) is 6.36. The van der Waals surface area contributed by atoms with E-state index in [0.717, 1.165) is 38.5 Å². The highest BCUT2D eigenvalue weighted by Gasteiger charge is 2.36. The highest BCUT2D eigenvalue weighted by atomic mass is 127. The summed E-state index contributed by atoms with van der Waals surface area (Å²) >= 11 is 0. The molecule has 0 spiro atoms. The predicted molar refractivity (Wildman–Crippen MR) is 111 cm³/mol. The smallest absolute Gasteiger partial charge is 0.356 e. The number of aliphatic imine (C=N–C) groups is 1. The van der Waals surface area contributed by atoms with Gasteiger partial charge in [-0.2, -0.15) is 18.3 Å². The Bertz CT molecular complexity index is 594. The second kappa shape index (κ2) is 11.1. The largest absolute Gasteiger partial charge is 0.435 e. The van der Waals surface area contributed by atoms with Crippen molar-refractivity contribution in [2.24, 2.45) is 18.0 Å². The van der Waals surface area contributed by atoms with Gasteiger partial charge in [-0.25, -0.2) is 0 Å². The van der Waals surface area contributed by atoms with E-state index >= 15 is 0 Å². The quantitative estimate of drug-likeness (QED) is 0.272. The summed E-state index contributed by atoms with van der Waals surface area (Å²) in [5.74, 6) is 1.32. The van der Waals surface area contributed by atoms with Gasteiger partial charge >= 0.3 is 6.18 Å². The van der Waals surface area contributed by atoms with Crippen LogP contribution in [0.5, 0.6) is 0 Å². The number of nitrogens with one attached hydrogen (secondary N) is 2. The number of rotatable bonds is 6. The van der Waals surface area contributed by atoms with E-state index in [9.17, 15) is 13.2 Å². The monoisotopic (exact) mass is 502 g/mol. The van der Waals surface area contributed by atoms with Crippen molar-refractivity contribution in [1.29, 1.82) is 0 Å². The number of piperidine rings is 1. The van der Waals surface area contributed by atoms with Crippen LogP contribution in [0.15, 0.2) is 11.2 Å². The van der Waals surface area contributed by atoms with Gasteiger partial charge in [0.15, 0.2) is 11.7 Å². The van der Waals surface area contributed by atoms with Crippen LogP contribution < -0.4 is 10.6 Å². The minimum absolute atomic E-state index is 0. The van der Waals surface area contributed by atoms with E-state index in [1.807, 2.05) is 0 Å². The van der Waals surface area contributed by atoms with E-state index in [2.05, 4.69) is 32.5 Å². The maximum Gasteiger partial charge on any atom is 0.435 e. The van der Waals surface area contributed by atoms with Gasteiger partial charge in [0.25, 0.3) is 0 Å². The average molecular weight is 502 g/mol. The van der Waals surface area contributed by atoms with E-state index in [0.29, 0.717) is 5.96 Å². The van der Waals surface area contributed by atoms with Gasteiger partial charge in [0.05, 0.1) is 0 Å². The van der Waals surface area contributed by atoms with Gasteiger partial charge in [-0.15, -0.1) is 24.0 Å². The number of aryl methyl sites for hydroxylation is 1. The molecule has 156 valence electrons. The van der Waals surface area contributed by atoms with Crippen molar-refractivity contribution in [1.82, 2.24) is 25.3 Å². The first-order valence-corrected chi connectivity index (χ1v) is 9.06. The van der Waals surface area contributed by atoms with E-state index in [1.165, 1.54) is 30.8 Å². The molecule has 1 aromatic heterocycles. The molecule has 6 nitrogen and oxygen atoms in total. The lowest BCUT2D eigenvalue weighted by Crippen LogP contribution is -2.39. The molecule has 0 unspecified atom stereocenters.